The van der Waals surface area contributed by atoms with Crippen LogP contribution in [0.2, 0.25) is 0 Å². The molecule has 31 heavy (non-hydrogen) atoms. The molecule has 1 aromatic carbocycles. The molecule has 2 aliphatic rings. The summed E-state index contributed by atoms with van der Waals surface area (Å²) < 4.78 is 8.19. The molecule has 168 valence electrons. The van der Waals surface area contributed by atoms with Gasteiger partial charge >= 0.3 is 0 Å². The lowest BCUT2D eigenvalue weighted by atomic mass is 10.1. The van der Waals surface area contributed by atoms with E-state index in [-0.39, 0.29) is 18.4 Å². The van der Waals surface area contributed by atoms with Crippen molar-refractivity contribution < 1.29 is 19.4 Å². The maximum atomic E-state index is 12.7. The molecule has 4 rings (SSSR count). The molecule has 2 aromatic rings. The van der Waals surface area contributed by atoms with Gasteiger partial charge in [-0.1, -0.05) is 18.2 Å². The molecule has 2 aliphatic heterocycles. The van der Waals surface area contributed by atoms with Crippen LogP contribution < -0.4 is 4.74 Å². The number of unbranched alkanes of at least 4 members (excludes halogenated alkanes) is 1. The molecule has 2 saturated heterocycles. The van der Waals surface area contributed by atoms with E-state index in [1.54, 1.807) is 0 Å². The molecule has 3 heterocycles. The lowest BCUT2D eigenvalue weighted by molar-refractivity contribution is -0.143. The van der Waals surface area contributed by atoms with E-state index in [9.17, 15) is 4.79 Å². The number of piperazine rings is 1. The SMILES string of the molecule is C[C@H]1C(=O)N2CCC[C@@H]2CN1Cc1ccccc1OCCCCn1ccnc1.O=CO. The number of hydrogen-bond donors (Lipinski definition) is 1. The topological polar surface area (TPSA) is 87.9 Å². The van der Waals surface area contributed by atoms with Crippen molar-refractivity contribution in [2.75, 3.05) is 19.7 Å². The van der Waals surface area contributed by atoms with Gasteiger partial charge in [-0.3, -0.25) is 14.5 Å². The third-order valence-electron chi connectivity index (χ3n) is 5.98. The summed E-state index contributed by atoms with van der Waals surface area (Å²) in [5.74, 6) is 1.23. The number of carbonyl (C=O) groups excluding carboxylic acids is 1. The van der Waals surface area contributed by atoms with Crippen LogP contribution in [0.1, 0.15) is 38.2 Å². The molecule has 2 atom stereocenters. The van der Waals surface area contributed by atoms with Crippen molar-refractivity contribution in [3.63, 3.8) is 0 Å². The minimum absolute atomic E-state index is 0.0578. The lowest BCUT2D eigenvalue weighted by Gasteiger charge is -2.41. The molecule has 0 bridgehead atoms. The summed E-state index contributed by atoms with van der Waals surface area (Å²) >= 11 is 0. The Kier molecular flexibility index (Phi) is 8.46. The van der Waals surface area contributed by atoms with Crippen LogP contribution in [0.25, 0.3) is 0 Å². The number of nitrogens with zero attached hydrogens (tertiary/aromatic N) is 4. The van der Waals surface area contributed by atoms with Gasteiger partial charge in [0.25, 0.3) is 6.47 Å². The highest BCUT2D eigenvalue weighted by Gasteiger charge is 2.40. The van der Waals surface area contributed by atoms with Gasteiger partial charge in [0.1, 0.15) is 5.75 Å². The van der Waals surface area contributed by atoms with Gasteiger partial charge in [0.05, 0.1) is 19.0 Å². The monoisotopic (exact) mass is 428 g/mol. The number of carbonyl (C=O) groups is 2. The average molecular weight is 429 g/mol. The smallest absolute Gasteiger partial charge is 0.290 e. The van der Waals surface area contributed by atoms with Crippen molar-refractivity contribution in [3.05, 3.63) is 48.5 Å². The standard InChI is InChI=1S/C22H30N4O2.CH2O2/c1-18-22(27)26-12-6-8-20(26)16-25(18)15-19-7-2-3-9-21(19)28-14-5-4-11-24-13-10-23-17-24;2-1-3/h2-3,7,9-10,13,17-18,20H,4-6,8,11-12,14-16H2,1H3;1H,(H,2,3)/t18-,20+;/m0./s1. The van der Waals surface area contributed by atoms with Crippen molar-refractivity contribution in [1.82, 2.24) is 19.4 Å². The molecule has 0 spiro atoms. The number of aryl methyl sites for hydroxylation is 1. The molecule has 8 nitrogen and oxygen atoms in total. The third kappa shape index (κ3) is 6.07. The second-order valence-electron chi connectivity index (χ2n) is 8.00. The van der Waals surface area contributed by atoms with E-state index in [4.69, 9.17) is 14.6 Å². The predicted octanol–water partition coefficient (Wildman–Crippen LogP) is 2.64. The molecule has 8 heteroatoms. The zero-order chi connectivity index (χ0) is 22.1. The summed E-state index contributed by atoms with van der Waals surface area (Å²) in [6, 6.07) is 8.58. The average Bonchev–Trinajstić information content (AvgIpc) is 3.45. The Morgan fingerprint density at radius 3 is 2.87 bits per heavy atom. The Morgan fingerprint density at radius 2 is 2.10 bits per heavy atom. The molecule has 0 unspecified atom stereocenters. The Bertz CT molecular complexity index is 827. The molecule has 1 N–H and O–H groups in total. The van der Waals surface area contributed by atoms with Crippen LogP contribution in [0.4, 0.5) is 0 Å². The van der Waals surface area contributed by atoms with Gasteiger partial charge < -0.3 is 19.3 Å². The van der Waals surface area contributed by atoms with E-state index >= 15 is 0 Å². The number of rotatable bonds is 8. The maximum absolute atomic E-state index is 12.7. The minimum Gasteiger partial charge on any atom is -0.493 e. The fraction of sp³-hybridized carbons (Fsp3) is 0.522. The van der Waals surface area contributed by atoms with Crippen molar-refractivity contribution >= 4 is 12.4 Å². The Labute approximate surface area is 183 Å². The van der Waals surface area contributed by atoms with Crippen LogP contribution in [-0.2, 0) is 22.7 Å². The molecule has 0 saturated carbocycles. The summed E-state index contributed by atoms with van der Waals surface area (Å²) in [6.45, 7) is 6.12. The fourth-order valence-electron chi connectivity index (χ4n) is 4.33. The number of carboxylic acid groups (broad SMARTS) is 1. The predicted molar refractivity (Wildman–Crippen MR) is 117 cm³/mol. The Balaban J connectivity index is 0.000000858. The normalized spacial score (nSPS) is 20.7. The van der Waals surface area contributed by atoms with E-state index in [0.717, 1.165) is 57.6 Å². The van der Waals surface area contributed by atoms with Gasteiger partial charge in [-0.25, -0.2) is 4.98 Å². The van der Waals surface area contributed by atoms with Crippen LogP contribution in [-0.4, -0.2) is 68.6 Å². The van der Waals surface area contributed by atoms with E-state index in [1.165, 1.54) is 5.56 Å². The summed E-state index contributed by atoms with van der Waals surface area (Å²) in [7, 11) is 0. The largest absolute Gasteiger partial charge is 0.493 e. The number of aromatic nitrogens is 2. The molecule has 0 radical (unpaired) electrons. The highest BCUT2D eigenvalue weighted by atomic mass is 16.5. The lowest BCUT2D eigenvalue weighted by Crippen LogP contribution is -2.58. The van der Waals surface area contributed by atoms with E-state index in [0.29, 0.717) is 12.6 Å². The van der Waals surface area contributed by atoms with Crippen LogP contribution in [0.5, 0.6) is 5.75 Å². The number of fused-ring (bicyclic) bond motifs is 1. The number of hydrogen-bond acceptors (Lipinski definition) is 5. The van der Waals surface area contributed by atoms with Crippen molar-refractivity contribution in [1.29, 1.82) is 0 Å². The second kappa shape index (κ2) is 11.5. The van der Waals surface area contributed by atoms with Crippen molar-refractivity contribution in [3.8, 4) is 5.75 Å². The van der Waals surface area contributed by atoms with E-state index in [2.05, 4.69) is 31.5 Å². The zero-order valence-electron chi connectivity index (χ0n) is 18.1. The highest BCUT2D eigenvalue weighted by molar-refractivity contribution is 5.83. The molecule has 2 fully saturated rings. The number of imidazole rings is 1. The first-order chi connectivity index (χ1) is 15.1. The summed E-state index contributed by atoms with van der Waals surface area (Å²) in [5.41, 5.74) is 1.17. The van der Waals surface area contributed by atoms with Crippen LogP contribution in [0, 0.1) is 0 Å². The van der Waals surface area contributed by atoms with E-state index in [1.807, 2.05) is 37.8 Å². The van der Waals surface area contributed by atoms with Gasteiger partial charge in [0, 0.05) is 50.2 Å². The first kappa shape index (κ1) is 22.8. The molecule has 0 aliphatic carbocycles. The van der Waals surface area contributed by atoms with Crippen molar-refractivity contribution in [2.24, 2.45) is 0 Å². The van der Waals surface area contributed by atoms with Gasteiger partial charge in [0.2, 0.25) is 5.91 Å². The summed E-state index contributed by atoms with van der Waals surface area (Å²) in [4.78, 5) is 29.5. The molecular weight excluding hydrogens is 396 g/mol. The molecular formula is C23H32N4O4. The highest BCUT2D eigenvalue weighted by Crippen LogP contribution is 2.28. The summed E-state index contributed by atoms with van der Waals surface area (Å²) in [6.07, 6.45) is 9.98. The number of para-hydroxylation sites is 1. The van der Waals surface area contributed by atoms with Crippen molar-refractivity contribution in [2.45, 2.75) is 57.8 Å². The van der Waals surface area contributed by atoms with Crippen LogP contribution in [0.15, 0.2) is 43.0 Å². The number of ether oxygens (including phenoxy) is 1. The van der Waals surface area contributed by atoms with Gasteiger partial charge in [-0.2, -0.15) is 0 Å². The quantitative estimate of drug-likeness (QED) is 0.514. The number of amides is 1. The van der Waals surface area contributed by atoms with Crippen LogP contribution >= 0.6 is 0 Å². The number of benzene rings is 1. The fourth-order valence-corrected chi connectivity index (χ4v) is 4.33. The Hall–Kier alpha value is -2.87. The van der Waals surface area contributed by atoms with Gasteiger partial charge in [0.15, 0.2) is 0 Å². The second-order valence-corrected chi connectivity index (χ2v) is 8.00. The maximum Gasteiger partial charge on any atom is 0.290 e. The Morgan fingerprint density at radius 1 is 1.29 bits per heavy atom. The third-order valence-corrected chi connectivity index (χ3v) is 5.98. The van der Waals surface area contributed by atoms with Crippen LogP contribution in [0.3, 0.4) is 0 Å². The first-order valence-corrected chi connectivity index (χ1v) is 10.9. The van der Waals surface area contributed by atoms with E-state index < -0.39 is 0 Å². The zero-order valence-corrected chi connectivity index (χ0v) is 18.1. The molecule has 1 amide bonds. The molecule has 1 aromatic heterocycles. The first-order valence-electron chi connectivity index (χ1n) is 10.9. The summed E-state index contributed by atoms with van der Waals surface area (Å²) in [5, 5.41) is 6.89. The van der Waals surface area contributed by atoms with Gasteiger partial charge in [-0.15, -0.1) is 0 Å². The van der Waals surface area contributed by atoms with Gasteiger partial charge in [-0.05, 0) is 38.7 Å². The minimum atomic E-state index is -0.250.